The van der Waals surface area contributed by atoms with E-state index in [0.717, 1.165) is 5.69 Å². The Balaban J connectivity index is 1.88. The molecule has 5 heteroatoms. The summed E-state index contributed by atoms with van der Waals surface area (Å²) in [5.41, 5.74) is 7.47. The molecule has 0 aromatic carbocycles. The molecule has 0 aliphatic rings. The van der Waals surface area contributed by atoms with E-state index in [4.69, 9.17) is 5.73 Å². The third-order valence-corrected chi connectivity index (χ3v) is 2.49. The monoisotopic (exact) mass is 242 g/mol. The maximum Gasteiger partial charge on any atom is 0.254 e. The average Bonchev–Trinajstić information content (AvgIpc) is 2.40. The molecule has 0 aliphatic heterocycles. The second kappa shape index (κ2) is 5.77. The Morgan fingerprint density at radius 1 is 1.28 bits per heavy atom. The number of carbonyl (C=O) groups excluding carboxylic acids is 1. The number of amides is 1. The predicted octanol–water partition coefficient (Wildman–Crippen LogP) is 1.03. The van der Waals surface area contributed by atoms with Gasteiger partial charge in [-0.3, -0.25) is 14.8 Å². The van der Waals surface area contributed by atoms with E-state index in [2.05, 4.69) is 15.3 Å². The molecular formula is C13H14N4O. The van der Waals surface area contributed by atoms with Crippen LogP contribution >= 0.6 is 0 Å². The van der Waals surface area contributed by atoms with Crippen LogP contribution in [0.5, 0.6) is 0 Å². The predicted molar refractivity (Wildman–Crippen MR) is 68.9 cm³/mol. The number of nitrogen functional groups attached to an aromatic ring is 1. The van der Waals surface area contributed by atoms with E-state index in [0.29, 0.717) is 24.2 Å². The van der Waals surface area contributed by atoms with Gasteiger partial charge in [0.15, 0.2) is 0 Å². The fourth-order valence-electron chi connectivity index (χ4n) is 1.54. The minimum absolute atomic E-state index is 0.212. The van der Waals surface area contributed by atoms with Gasteiger partial charge < -0.3 is 11.1 Å². The molecule has 18 heavy (non-hydrogen) atoms. The third kappa shape index (κ3) is 3.04. The van der Waals surface area contributed by atoms with Crippen LogP contribution in [0.3, 0.4) is 0 Å². The summed E-state index contributed by atoms with van der Waals surface area (Å²) in [6, 6.07) is 7.31. The lowest BCUT2D eigenvalue weighted by Gasteiger charge is -2.06. The van der Waals surface area contributed by atoms with E-state index in [1.807, 2.05) is 18.2 Å². The number of hydrogen-bond donors (Lipinski definition) is 2. The first-order chi connectivity index (χ1) is 8.77. The topological polar surface area (TPSA) is 80.9 Å². The molecule has 0 bridgehead atoms. The summed E-state index contributed by atoms with van der Waals surface area (Å²) in [6.45, 7) is 0.518. The fraction of sp³-hybridized carbons (Fsp3) is 0.154. The Hall–Kier alpha value is -2.43. The fourth-order valence-corrected chi connectivity index (χ4v) is 1.54. The molecule has 0 atom stereocenters. The van der Waals surface area contributed by atoms with E-state index in [1.165, 1.54) is 6.20 Å². The largest absolute Gasteiger partial charge is 0.398 e. The number of pyridine rings is 2. The Morgan fingerprint density at radius 3 is 2.89 bits per heavy atom. The van der Waals surface area contributed by atoms with Gasteiger partial charge in [-0.15, -0.1) is 0 Å². The summed E-state index contributed by atoms with van der Waals surface area (Å²) in [6.07, 6.45) is 5.44. The van der Waals surface area contributed by atoms with Gasteiger partial charge in [-0.1, -0.05) is 6.07 Å². The van der Waals surface area contributed by atoms with Gasteiger partial charge in [0.2, 0.25) is 0 Å². The smallest absolute Gasteiger partial charge is 0.254 e. The molecule has 0 saturated carbocycles. The zero-order valence-corrected chi connectivity index (χ0v) is 9.84. The van der Waals surface area contributed by atoms with Gasteiger partial charge in [-0.2, -0.15) is 0 Å². The summed E-state index contributed by atoms with van der Waals surface area (Å²) < 4.78 is 0. The van der Waals surface area contributed by atoms with Crippen molar-refractivity contribution in [2.45, 2.75) is 6.42 Å². The van der Waals surface area contributed by atoms with Gasteiger partial charge in [0.05, 0.1) is 5.56 Å². The lowest BCUT2D eigenvalue weighted by atomic mass is 10.2. The van der Waals surface area contributed by atoms with E-state index in [1.54, 1.807) is 18.5 Å². The molecule has 5 nitrogen and oxygen atoms in total. The molecule has 2 aromatic heterocycles. The van der Waals surface area contributed by atoms with Crippen LogP contribution in [0.1, 0.15) is 16.1 Å². The highest BCUT2D eigenvalue weighted by molar-refractivity contribution is 5.98. The van der Waals surface area contributed by atoms with Gasteiger partial charge in [0.1, 0.15) is 0 Å². The highest BCUT2D eigenvalue weighted by atomic mass is 16.1. The van der Waals surface area contributed by atoms with Crippen molar-refractivity contribution in [1.29, 1.82) is 0 Å². The first kappa shape index (κ1) is 12.0. The quantitative estimate of drug-likeness (QED) is 0.839. The molecule has 92 valence electrons. The second-order valence-electron chi connectivity index (χ2n) is 3.79. The Labute approximate surface area is 105 Å². The van der Waals surface area contributed by atoms with Gasteiger partial charge in [0.25, 0.3) is 5.91 Å². The highest BCUT2D eigenvalue weighted by Crippen LogP contribution is 2.07. The third-order valence-electron chi connectivity index (χ3n) is 2.49. The Kier molecular flexibility index (Phi) is 3.86. The summed E-state index contributed by atoms with van der Waals surface area (Å²) >= 11 is 0. The summed E-state index contributed by atoms with van der Waals surface area (Å²) in [5, 5.41) is 2.79. The van der Waals surface area contributed by atoms with Gasteiger partial charge in [-0.25, -0.2) is 0 Å². The van der Waals surface area contributed by atoms with E-state index in [9.17, 15) is 4.79 Å². The van der Waals surface area contributed by atoms with E-state index in [-0.39, 0.29) is 5.91 Å². The number of nitrogens with zero attached hydrogens (tertiary/aromatic N) is 2. The van der Waals surface area contributed by atoms with Crippen molar-refractivity contribution in [1.82, 2.24) is 15.3 Å². The molecule has 0 aliphatic carbocycles. The standard InChI is InChI=1S/C13H14N4O/c14-12-5-7-15-9-11(12)13(18)17-8-4-10-3-1-2-6-16-10/h1-3,5-7,9H,4,8H2,(H2,14,15)(H,17,18). The van der Waals surface area contributed by atoms with Crippen molar-refractivity contribution >= 4 is 11.6 Å². The first-order valence-corrected chi connectivity index (χ1v) is 5.65. The SMILES string of the molecule is Nc1ccncc1C(=O)NCCc1ccccn1. The van der Waals surface area contributed by atoms with Crippen LogP contribution in [0.2, 0.25) is 0 Å². The maximum atomic E-state index is 11.8. The van der Waals surface area contributed by atoms with Crippen molar-refractivity contribution < 1.29 is 4.79 Å². The zero-order valence-electron chi connectivity index (χ0n) is 9.84. The van der Waals surface area contributed by atoms with E-state index < -0.39 is 0 Å². The van der Waals surface area contributed by atoms with Crippen LogP contribution < -0.4 is 11.1 Å². The lowest BCUT2D eigenvalue weighted by Crippen LogP contribution is -2.26. The number of carbonyl (C=O) groups is 1. The number of nitrogens with one attached hydrogen (secondary N) is 1. The van der Waals surface area contributed by atoms with Gasteiger partial charge in [0, 0.05) is 42.9 Å². The zero-order chi connectivity index (χ0) is 12.8. The van der Waals surface area contributed by atoms with Crippen LogP contribution in [-0.4, -0.2) is 22.4 Å². The molecular weight excluding hydrogens is 228 g/mol. The molecule has 0 unspecified atom stereocenters. The first-order valence-electron chi connectivity index (χ1n) is 5.65. The Bertz CT molecular complexity index is 528. The molecule has 0 spiro atoms. The van der Waals surface area contributed by atoms with Crippen LogP contribution in [-0.2, 0) is 6.42 Å². The highest BCUT2D eigenvalue weighted by Gasteiger charge is 2.08. The minimum Gasteiger partial charge on any atom is -0.398 e. The normalized spacial score (nSPS) is 10.0. The van der Waals surface area contributed by atoms with Crippen molar-refractivity contribution in [3.05, 3.63) is 54.1 Å². The molecule has 0 fully saturated rings. The summed E-state index contributed by atoms with van der Waals surface area (Å²) in [7, 11) is 0. The van der Waals surface area contributed by atoms with Crippen molar-refractivity contribution in [3.63, 3.8) is 0 Å². The van der Waals surface area contributed by atoms with Gasteiger partial charge in [-0.05, 0) is 18.2 Å². The number of aromatic nitrogens is 2. The lowest BCUT2D eigenvalue weighted by molar-refractivity contribution is 0.0954. The van der Waals surface area contributed by atoms with Crippen LogP contribution in [0.15, 0.2) is 42.9 Å². The molecule has 0 radical (unpaired) electrons. The number of nitrogens with two attached hydrogens (primary N) is 1. The molecule has 0 saturated heterocycles. The average molecular weight is 242 g/mol. The number of hydrogen-bond acceptors (Lipinski definition) is 4. The second-order valence-corrected chi connectivity index (χ2v) is 3.79. The summed E-state index contributed by atoms with van der Waals surface area (Å²) in [5.74, 6) is -0.212. The molecule has 3 N–H and O–H groups in total. The van der Waals surface area contributed by atoms with Crippen LogP contribution in [0.25, 0.3) is 0 Å². The summed E-state index contributed by atoms with van der Waals surface area (Å²) in [4.78, 5) is 19.9. The molecule has 1 amide bonds. The van der Waals surface area contributed by atoms with Crippen molar-refractivity contribution in [3.8, 4) is 0 Å². The molecule has 2 rings (SSSR count). The van der Waals surface area contributed by atoms with Gasteiger partial charge >= 0.3 is 0 Å². The number of anilines is 1. The van der Waals surface area contributed by atoms with Crippen molar-refractivity contribution in [2.24, 2.45) is 0 Å². The maximum absolute atomic E-state index is 11.8. The Morgan fingerprint density at radius 2 is 2.17 bits per heavy atom. The number of rotatable bonds is 4. The molecule has 2 aromatic rings. The van der Waals surface area contributed by atoms with Crippen LogP contribution in [0.4, 0.5) is 5.69 Å². The molecule has 2 heterocycles. The van der Waals surface area contributed by atoms with E-state index >= 15 is 0 Å². The van der Waals surface area contributed by atoms with Crippen molar-refractivity contribution in [2.75, 3.05) is 12.3 Å². The van der Waals surface area contributed by atoms with Crippen LogP contribution in [0, 0.1) is 0 Å². The minimum atomic E-state index is -0.212.